The van der Waals surface area contributed by atoms with E-state index in [2.05, 4.69) is 0 Å². The lowest BCUT2D eigenvalue weighted by Gasteiger charge is -2.10. The van der Waals surface area contributed by atoms with Crippen molar-refractivity contribution >= 4 is 23.2 Å². The maximum absolute atomic E-state index is 12.7. The summed E-state index contributed by atoms with van der Waals surface area (Å²) in [5.74, 6) is -1.34. The Morgan fingerprint density at radius 2 is 1.71 bits per heavy atom. The molecule has 0 aliphatic carbocycles. The van der Waals surface area contributed by atoms with E-state index in [0.717, 1.165) is 6.07 Å². The minimum atomic E-state index is -4.73. The molecule has 0 saturated heterocycles. The summed E-state index contributed by atoms with van der Waals surface area (Å²) in [6, 6.07) is 2.39. The quantitative estimate of drug-likeness (QED) is 0.512. The van der Waals surface area contributed by atoms with E-state index >= 15 is 0 Å². The van der Waals surface area contributed by atoms with Gasteiger partial charge in [0.05, 0.1) is 5.56 Å². The molecule has 78 valence electrons. The molecule has 0 radical (unpaired) electrons. The molecule has 0 aromatic heterocycles. The van der Waals surface area contributed by atoms with Crippen LogP contribution < -0.4 is 0 Å². The third kappa shape index (κ3) is 2.51. The summed E-state index contributed by atoms with van der Waals surface area (Å²) in [4.78, 5) is -1.10. The van der Waals surface area contributed by atoms with Crippen LogP contribution in [-0.2, 0) is 6.18 Å². The van der Waals surface area contributed by atoms with Gasteiger partial charge >= 0.3 is 6.18 Å². The van der Waals surface area contributed by atoms with Gasteiger partial charge in [-0.05, 0) is 17.7 Å². The molecule has 0 bridgehead atoms. The Hall–Kier alpha value is -0.480. The largest absolute Gasteiger partial charge is 0.419 e. The molecule has 6 heteroatoms. The lowest BCUT2D eigenvalue weighted by Crippen LogP contribution is -2.08. The fraction of sp³-hybridized carbons (Fsp3) is 0.250. The third-order valence-electron chi connectivity index (χ3n) is 1.55. The second-order valence-corrected chi connectivity index (χ2v) is 3.63. The minimum Gasteiger partial charge on any atom is -0.206 e. The van der Waals surface area contributed by atoms with Crippen molar-refractivity contribution in [2.24, 2.45) is 0 Å². The number of alkyl halides is 5. The van der Waals surface area contributed by atoms with Crippen molar-refractivity contribution in [3.8, 4) is 0 Å². The number of hydrogen-bond donors (Lipinski definition) is 0. The van der Waals surface area contributed by atoms with E-state index in [1.165, 1.54) is 0 Å². The maximum Gasteiger partial charge on any atom is 0.419 e. The van der Waals surface area contributed by atoms with Gasteiger partial charge in [0.15, 0.2) is 0 Å². The highest BCUT2D eigenvalue weighted by atomic mass is 35.5. The first-order valence-corrected chi connectivity index (χ1v) is 4.34. The van der Waals surface area contributed by atoms with Gasteiger partial charge in [0.1, 0.15) is 10.7 Å². The predicted octanol–water partition coefficient (Wildman–Crippen LogP) is 4.32. The van der Waals surface area contributed by atoms with Crippen LogP contribution in [0.25, 0.3) is 0 Å². The van der Waals surface area contributed by atoms with Gasteiger partial charge in [0.2, 0.25) is 0 Å². The Labute approximate surface area is 87.4 Å². The highest BCUT2D eigenvalue weighted by molar-refractivity contribution is 6.44. The van der Waals surface area contributed by atoms with E-state index in [-0.39, 0.29) is 5.56 Å². The van der Waals surface area contributed by atoms with Crippen molar-refractivity contribution in [3.05, 3.63) is 35.1 Å². The zero-order valence-corrected chi connectivity index (χ0v) is 8.09. The standard InChI is InChI=1S/C8H4Cl2F4/c9-7(10)4-1-2-6(11)5(3-4)8(12,13)14/h1-3,7H. The minimum absolute atomic E-state index is 0.0158. The molecular weight excluding hydrogens is 243 g/mol. The second-order valence-electron chi connectivity index (χ2n) is 2.54. The van der Waals surface area contributed by atoms with Crippen LogP contribution in [0, 0.1) is 5.82 Å². The van der Waals surface area contributed by atoms with E-state index in [0.29, 0.717) is 12.1 Å². The molecule has 0 fully saturated rings. The molecule has 1 aromatic carbocycles. The highest BCUT2D eigenvalue weighted by Gasteiger charge is 2.34. The molecule has 1 aromatic rings. The highest BCUT2D eigenvalue weighted by Crippen LogP contribution is 2.34. The zero-order chi connectivity index (χ0) is 10.9. The van der Waals surface area contributed by atoms with Crippen LogP contribution in [-0.4, -0.2) is 0 Å². The summed E-state index contributed by atoms with van der Waals surface area (Å²) in [5, 5.41) is 0. The number of halogens is 6. The van der Waals surface area contributed by atoms with E-state index < -0.39 is 22.4 Å². The monoisotopic (exact) mass is 246 g/mol. The van der Waals surface area contributed by atoms with Gasteiger partial charge < -0.3 is 0 Å². The number of benzene rings is 1. The first kappa shape index (κ1) is 11.6. The Bertz CT molecular complexity index is 333. The van der Waals surface area contributed by atoms with Crippen molar-refractivity contribution in [2.45, 2.75) is 11.0 Å². The molecule has 0 saturated carbocycles. The first-order valence-electron chi connectivity index (χ1n) is 3.47. The Morgan fingerprint density at radius 1 is 1.14 bits per heavy atom. The molecule has 0 spiro atoms. The first-order chi connectivity index (χ1) is 6.32. The summed E-state index contributed by atoms with van der Waals surface area (Å²) in [7, 11) is 0. The molecule has 0 aliphatic rings. The summed E-state index contributed by atoms with van der Waals surface area (Å²) in [5.41, 5.74) is -1.34. The van der Waals surface area contributed by atoms with Crippen LogP contribution in [0.1, 0.15) is 16.0 Å². The van der Waals surface area contributed by atoms with E-state index in [1.807, 2.05) is 0 Å². The zero-order valence-electron chi connectivity index (χ0n) is 6.58. The van der Waals surface area contributed by atoms with Crippen LogP contribution >= 0.6 is 23.2 Å². The fourth-order valence-electron chi connectivity index (χ4n) is 0.896. The fourth-order valence-corrected chi connectivity index (χ4v) is 1.17. The molecule has 0 atom stereocenters. The molecule has 0 heterocycles. The van der Waals surface area contributed by atoms with E-state index in [9.17, 15) is 17.6 Å². The molecule has 14 heavy (non-hydrogen) atoms. The average molecular weight is 247 g/mol. The van der Waals surface area contributed by atoms with Gasteiger partial charge in [-0.2, -0.15) is 13.2 Å². The van der Waals surface area contributed by atoms with Crippen molar-refractivity contribution in [3.63, 3.8) is 0 Å². The third-order valence-corrected chi connectivity index (χ3v) is 2.05. The van der Waals surface area contributed by atoms with E-state index in [1.54, 1.807) is 0 Å². The van der Waals surface area contributed by atoms with Gasteiger partial charge in [-0.1, -0.05) is 6.07 Å². The topological polar surface area (TPSA) is 0 Å². The van der Waals surface area contributed by atoms with Crippen LogP contribution in [0.4, 0.5) is 17.6 Å². The molecule has 0 amide bonds. The van der Waals surface area contributed by atoms with Crippen LogP contribution in [0.3, 0.4) is 0 Å². The van der Waals surface area contributed by atoms with Gasteiger partial charge in [-0.3, -0.25) is 0 Å². The van der Waals surface area contributed by atoms with E-state index in [4.69, 9.17) is 23.2 Å². The molecule has 0 nitrogen and oxygen atoms in total. The molecule has 0 unspecified atom stereocenters. The van der Waals surface area contributed by atoms with Crippen molar-refractivity contribution in [1.29, 1.82) is 0 Å². The van der Waals surface area contributed by atoms with Gasteiger partial charge in [0, 0.05) is 0 Å². The molecule has 1 rings (SSSR count). The summed E-state index contributed by atoms with van der Waals surface area (Å²) in [6.07, 6.45) is -4.73. The van der Waals surface area contributed by atoms with Gasteiger partial charge in [-0.15, -0.1) is 23.2 Å². The number of rotatable bonds is 1. The Kier molecular flexibility index (Phi) is 3.27. The summed E-state index contributed by atoms with van der Waals surface area (Å²) in [6.45, 7) is 0. The summed E-state index contributed by atoms with van der Waals surface area (Å²) < 4.78 is 49.2. The van der Waals surface area contributed by atoms with Gasteiger partial charge in [-0.25, -0.2) is 4.39 Å². The Morgan fingerprint density at radius 3 is 2.14 bits per heavy atom. The second kappa shape index (κ2) is 3.95. The van der Waals surface area contributed by atoms with Gasteiger partial charge in [0.25, 0.3) is 0 Å². The number of hydrogen-bond acceptors (Lipinski definition) is 0. The smallest absolute Gasteiger partial charge is 0.206 e. The molecule has 0 aliphatic heterocycles. The van der Waals surface area contributed by atoms with Crippen LogP contribution in [0.5, 0.6) is 0 Å². The SMILES string of the molecule is Fc1ccc(C(Cl)Cl)cc1C(F)(F)F. The normalized spacial score (nSPS) is 12.2. The lowest BCUT2D eigenvalue weighted by molar-refractivity contribution is -0.140. The van der Waals surface area contributed by atoms with Crippen LogP contribution in [0.15, 0.2) is 18.2 Å². The molecule has 0 N–H and O–H groups in total. The lowest BCUT2D eigenvalue weighted by atomic mass is 10.1. The van der Waals surface area contributed by atoms with Crippen molar-refractivity contribution < 1.29 is 17.6 Å². The Balaban J connectivity index is 3.22. The summed E-state index contributed by atoms with van der Waals surface area (Å²) >= 11 is 10.7. The van der Waals surface area contributed by atoms with Crippen molar-refractivity contribution in [1.82, 2.24) is 0 Å². The average Bonchev–Trinajstić information content (AvgIpc) is 2.02. The van der Waals surface area contributed by atoms with Crippen LogP contribution in [0.2, 0.25) is 0 Å². The molecular formula is C8H4Cl2F4. The predicted molar refractivity (Wildman–Crippen MR) is 45.8 cm³/mol. The van der Waals surface area contributed by atoms with Crippen molar-refractivity contribution in [2.75, 3.05) is 0 Å². The maximum atomic E-state index is 12.7.